The molecule has 0 saturated carbocycles. The number of pyridine rings is 1. The Morgan fingerprint density at radius 2 is 2.19 bits per heavy atom. The topological polar surface area (TPSA) is 48.5 Å². The number of carbonyl (C=O) groups excluding carboxylic acids is 1. The molecule has 2 heterocycles. The summed E-state index contributed by atoms with van der Waals surface area (Å²) in [6.45, 7) is 6.75. The third-order valence-corrected chi connectivity index (χ3v) is 4.05. The molecule has 1 fully saturated rings. The van der Waals surface area contributed by atoms with E-state index in [0.29, 0.717) is 17.7 Å². The van der Waals surface area contributed by atoms with Crippen LogP contribution in [0.25, 0.3) is 0 Å². The molecule has 1 aliphatic rings. The van der Waals surface area contributed by atoms with Crippen molar-refractivity contribution in [1.82, 2.24) is 14.8 Å². The summed E-state index contributed by atoms with van der Waals surface area (Å²) in [5, 5.41) is 3.23. The molecule has 0 aliphatic carbocycles. The Bertz CT molecular complexity index is 489. The maximum Gasteiger partial charge on any atom is 0.272 e. The number of likely N-dealkylation sites (N-methyl/N-ethyl adjacent to an activating group) is 1. The van der Waals surface area contributed by atoms with Crippen molar-refractivity contribution in [2.45, 2.75) is 26.3 Å². The van der Waals surface area contributed by atoms with E-state index in [1.807, 2.05) is 17.0 Å². The highest BCUT2D eigenvalue weighted by Gasteiger charge is 2.34. The Labute approximate surface area is 127 Å². The van der Waals surface area contributed by atoms with Crippen LogP contribution < -0.4 is 5.32 Å². The summed E-state index contributed by atoms with van der Waals surface area (Å²) in [6, 6.07) is 6.02. The summed E-state index contributed by atoms with van der Waals surface area (Å²) in [6.07, 6.45) is 1.04. The zero-order valence-electron chi connectivity index (χ0n) is 13.5. The van der Waals surface area contributed by atoms with Crippen LogP contribution in [-0.4, -0.2) is 60.5 Å². The van der Waals surface area contributed by atoms with Crippen molar-refractivity contribution in [3.63, 3.8) is 0 Å². The van der Waals surface area contributed by atoms with Crippen LogP contribution in [0.2, 0.25) is 0 Å². The zero-order valence-corrected chi connectivity index (χ0v) is 13.5. The van der Waals surface area contributed by atoms with Gasteiger partial charge in [-0.3, -0.25) is 4.79 Å². The van der Waals surface area contributed by atoms with Gasteiger partial charge < -0.3 is 15.1 Å². The minimum atomic E-state index is 0.0337. The standard InChI is InChI=1S/C16H26N4O/c1-5-9-17-15-8-6-7-13(18-15)16(21)20-10-12(2)14(11-20)19(3)4/h6-8,12,14H,5,9-11H2,1-4H3,(H,17,18). The van der Waals surface area contributed by atoms with E-state index in [9.17, 15) is 4.79 Å². The van der Waals surface area contributed by atoms with Gasteiger partial charge >= 0.3 is 0 Å². The molecule has 2 unspecified atom stereocenters. The van der Waals surface area contributed by atoms with Gasteiger partial charge in [-0.05, 0) is 38.6 Å². The van der Waals surface area contributed by atoms with Crippen LogP contribution in [0.4, 0.5) is 5.82 Å². The summed E-state index contributed by atoms with van der Waals surface area (Å²) in [5.74, 6) is 1.30. The molecule has 1 aromatic rings. The minimum absolute atomic E-state index is 0.0337. The van der Waals surface area contributed by atoms with Crippen molar-refractivity contribution in [3.8, 4) is 0 Å². The molecule has 116 valence electrons. The Morgan fingerprint density at radius 1 is 1.43 bits per heavy atom. The summed E-state index contributed by atoms with van der Waals surface area (Å²) in [7, 11) is 4.14. The van der Waals surface area contributed by atoms with Gasteiger partial charge in [-0.2, -0.15) is 0 Å². The summed E-state index contributed by atoms with van der Waals surface area (Å²) < 4.78 is 0. The van der Waals surface area contributed by atoms with Crippen molar-refractivity contribution in [1.29, 1.82) is 0 Å². The number of likely N-dealkylation sites (tertiary alicyclic amines) is 1. The van der Waals surface area contributed by atoms with E-state index in [-0.39, 0.29) is 5.91 Å². The van der Waals surface area contributed by atoms with Gasteiger partial charge in [0.2, 0.25) is 0 Å². The van der Waals surface area contributed by atoms with Gasteiger partial charge in [0.1, 0.15) is 11.5 Å². The molecule has 2 atom stereocenters. The van der Waals surface area contributed by atoms with Gasteiger partial charge in [0.15, 0.2) is 0 Å². The van der Waals surface area contributed by atoms with Crippen molar-refractivity contribution in [2.24, 2.45) is 5.92 Å². The number of amides is 1. The predicted octanol–water partition coefficient (Wildman–Crippen LogP) is 1.93. The normalized spacial score (nSPS) is 21.9. The Balaban J connectivity index is 2.07. The van der Waals surface area contributed by atoms with Crippen molar-refractivity contribution in [3.05, 3.63) is 23.9 Å². The number of aromatic nitrogens is 1. The van der Waals surface area contributed by atoms with E-state index >= 15 is 0 Å². The van der Waals surface area contributed by atoms with Gasteiger partial charge in [0.25, 0.3) is 5.91 Å². The first-order valence-electron chi connectivity index (χ1n) is 7.69. The molecular formula is C16H26N4O. The molecule has 2 rings (SSSR count). The van der Waals surface area contributed by atoms with Gasteiger partial charge in [-0.25, -0.2) is 4.98 Å². The van der Waals surface area contributed by atoms with Crippen LogP contribution in [0.3, 0.4) is 0 Å². The molecule has 1 saturated heterocycles. The van der Waals surface area contributed by atoms with E-state index in [1.165, 1.54) is 0 Å². The largest absolute Gasteiger partial charge is 0.370 e. The maximum atomic E-state index is 12.6. The van der Waals surface area contributed by atoms with Gasteiger partial charge in [0.05, 0.1) is 0 Å². The lowest BCUT2D eigenvalue weighted by atomic mass is 10.1. The quantitative estimate of drug-likeness (QED) is 0.900. The summed E-state index contributed by atoms with van der Waals surface area (Å²) in [4.78, 5) is 21.2. The fourth-order valence-electron chi connectivity index (χ4n) is 2.86. The SMILES string of the molecule is CCCNc1cccc(C(=O)N2CC(C)C(N(C)C)C2)n1. The Hall–Kier alpha value is -1.62. The smallest absolute Gasteiger partial charge is 0.272 e. The molecule has 21 heavy (non-hydrogen) atoms. The molecule has 5 heteroatoms. The van der Waals surface area contributed by atoms with Crippen LogP contribution in [0, 0.1) is 5.92 Å². The van der Waals surface area contributed by atoms with Crippen LogP contribution in [0.1, 0.15) is 30.8 Å². The van der Waals surface area contributed by atoms with Crippen molar-refractivity contribution < 1.29 is 4.79 Å². The number of anilines is 1. The van der Waals surface area contributed by atoms with E-state index in [1.54, 1.807) is 6.07 Å². The van der Waals surface area contributed by atoms with Crippen molar-refractivity contribution in [2.75, 3.05) is 39.0 Å². The first kappa shape index (κ1) is 15.8. The molecule has 1 aliphatic heterocycles. The third-order valence-electron chi connectivity index (χ3n) is 4.05. The molecule has 1 aromatic heterocycles. The minimum Gasteiger partial charge on any atom is -0.370 e. The molecule has 5 nitrogen and oxygen atoms in total. The highest BCUT2D eigenvalue weighted by Crippen LogP contribution is 2.21. The highest BCUT2D eigenvalue weighted by molar-refractivity contribution is 5.93. The van der Waals surface area contributed by atoms with Crippen LogP contribution in [0.5, 0.6) is 0 Å². The Kier molecular flexibility index (Phi) is 5.17. The molecular weight excluding hydrogens is 264 g/mol. The molecule has 0 radical (unpaired) electrons. The highest BCUT2D eigenvalue weighted by atomic mass is 16.2. The molecule has 1 N–H and O–H groups in total. The van der Waals surface area contributed by atoms with Crippen LogP contribution in [0.15, 0.2) is 18.2 Å². The maximum absolute atomic E-state index is 12.6. The Morgan fingerprint density at radius 3 is 2.81 bits per heavy atom. The number of hydrogen-bond donors (Lipinski definition) is 1. The molecule has 0 spiro atoms. The van der Waals surface area contributed by atoms with Gasteiger partial charge in [-0.15, -0.1) is 0 Å². The average molecular weight is 290 g/mol. The van der Waals surface area contributed by atoms with E-state index in [2.05, 4.69) is 43.1 Å². The second kappa shape index (κ2) is 6.89. The third kappa shape index (κ3) is 3.73. The average Bonchev–Trinajstić information content (AvgIpc) is 2.87. The number of hydrogen-bond acceptors (Lipinski definition) is 4. The van der Waals surface area contributed by atoms with Gasteiger partial charge in [0, 0.05) is 25.7 Å². The van der Waals surface area contributed by atoms with Crippen LogP contribution in [-0.2, 0) is 0 Å². The lowest BCUT2D eigenvalue weighted by Crippen LogP contribution is -2.36. The second-order valence-electron chi connectivity index (χ2n) is 6.05. The monoisotopic (exact) mass is 290 g/mol. The van der Waals surface area contributed by atoms with Crippen molar-refractivity contribution >= 4 is 11.7 Å². The molecule has 0 bridgehead atoms. The molecule has 0 aromatic carbocycles. The number of nitrogens with zero attached hydrogens (tertiary/aromatic N) is 3. The first-order chi connectivity index (χ1) is 10.0. The summed E-state index contributed by atoms with van der Waals surface area (Å²) >= 11 is 0. The van der Waals surface area contributed by atoms with E-state index < -0.39 is 0 Å². The van der Waals surface area contributed by atoms with Crippen LogP contribution >= 0.6 is 0 Å². The fourth-order valence-corrected chi connectivity index (χ4v) is 2.86. The lowest BCUT2D eigenvalue weighted by Gasteiger charge is -2.22. The lowest BCUT2D eigenvalue weighted by molar-refractivity contribution is 0.0776. The summed E-state index contributed by atoms with van der Waals surface area (Å²) in [5.41, 5.74) is 0.530. The van der Waals surface area contributed by atoms with Gasteiger partial charge in [-0.1, -0.05) is 19.9 Å². The number of rotatable bonds is 5. The van der Waals surface area contributed by atoms with E-state index in [4.69, 9.17) is 0 Å². The first-order valence-corrected chi connectivity index (χ1v) is 7.69. The fraction of sp³-hybridized carbons (Fsp3) is 0.625. The second-order valence-corrected chi connectivity index (χ2v) is 6.05. The number of carbonyl (C=O) groups is 1. The zero-order chi connectivity index (χ0) is 15.4. The predicted molar refractivity (Wildman–Crippen MR) is 85.6 cm³/mol. The molecule has 1 amide bonds. The van der Waals surface area contributed by atoms with E-state index in [0.717, 1.165) is 31.9 Å². The number of nitrogens with one attached hydrogen (secondary N) is 1.